The van der Waals surface area contributed by atoms with Gasteiger partial charge < -0.3 is 15.2 Å². The van der Waals surface area contributed by atoms with Crippen LogP contribution < -0.4 is 10.2 Å². The molecule has 1 aliphatic heterocycles. The van der Waals surface area contributed by atoms with E-state index in [1.807, 2.05) is 31.6 Å². The maximum Gasteiger partial charge on any atom is 0.163 e. The molecular formula is C22H23N7. The molecule has 0 aromatic carbocycles. The number of anilines is 1. The van der Waals surface area contributed by atoms with Crippen LogP contribution in [0.3, 0.4) is 0 Å². The lowest BCUT2D eigenvalue weighted by molar-refractivity contribution is 0.586. The van der Waals surface area contributed by atoms with E-state index in [-0.39, 0.29) is 0 Å². The second-order valence-corrected chi connectivity index (χ2v) is 8.08. The van der Waals surface area contributed by atoms with Gasteiger partial charge in [-0.15, -0.1) is 0 Å². The van der Waals surface area contributed by atoms with E-state index in [2.05, 4.69) is 31.2 Å². The zero-order valence-corrected chi connectivity index (χ0v) is 16.4. The number of aromatic amines is 1. The van der Waals surface area contributed by atoms with Gasteiger partial charge in [-0.2, -0.15) is 0 Å². The largest absolute Gasteiger partial charge is 0.353 e. The van der Waals surface area contributed by atoms with Crippen LogP contribution in [0.5, 0.6) is 0 Å². The highest BCUT2D eigenvalue weighted by atomic mass is 15.2. The molecule has 1 aliphatic carbocycles. The van der Waals surface area contributed by atoms with Crippen molar-refractivity contribution in [3.63, 3.8) is 0 Å². The van der Waals surface area contributed by atoms with E-state index in [1.54, 1.807) is 0 Å². The Morgan fingerprint density at radius 3 is 2.79 bits per heavy atom. The summed E-state index contributed by atoms with van der Waals surface area (Å²) in [6.07, 6.45) is 8.20. The van der Waals surface area contributed by atoms with Gasteiger partial charge in [0.2, 0.25) is 0 Å². The fourth-order valence-corrected chi connectivity index (χ4v) is 4.37. The van der Waals surface area contributed by atoms with Gasteiger partial charge in [-0.1, -0.05) is 0 Å². The van der Waals surface area contributed by atoms with Gasteiger partial charge in [0.1, 0.15) is 11.5 Å². The predicted molar refractivity (Wildman–Crippen MR) is 114 cm³/mol. The van der Waals surface area contributed by atoms with Gasteiger partial charge in [0.25, 0.3) is 0 Å². The van der Waals surface area contributed by atoms with E-state index >= 15 is 0 Å². The van der Waals surface area contributed by atoms with Crippen LogP contribution in [0.2, 0.25) is 0 Å². The van der Waals surface area contributed by atoms with Crippen LogP contribution in [0.15, 0.2) is 30.7 Å². The van der Waals surface area contributed by atoms with E-state index < -0.39 is 0 Å². The Bertz CT molecular complexity index is 1220. The minimum Gasteiger partial charge on any atom is -0.353 e. The average Bonchev–Trinajstić information content (AvgIpc) is 3.53. The van der Waals surface area contributed by atoms with E-state index in [0.717, 1.165) is 65.6 Å². The van der Waals surface area contributed by atoms with Crippen LogP contribution in [0, 0.1) is 6.92 Å². The molecular weight excluding hydrogens is 362 g/mol. The number of nitrogens with zero attached hydrogens (tertiary/aromatic N) is 5. The number of fused-ring (bicyclic) bond motifs is 2. The van der Waals surface area contributed by atoms with Crippen molar-refractivity contribution >= 4 is 27.8 Å². The van der Waals surface area contributed by atoms with Gasteiger partial charge in [0.05, 0.1) is 11.7 Å². The third-order valence-corrected chi connectivity index (χ3v) is 5.96. The highest BCUT2D eigenvalue weighted by Crippen LogP contribution is 2.45. The minimum absolute atomic E-state index is 0.599. The highest BCUT2D eigenvalue weighted by molar-refractivity contribution is 5.97. The van der Waals surface area contributed by atoms with Crippen molar-refractivity contribution in [3.8, 4) is 11.4 Å². The molecule has 5 heterocycles. The van der Waals surface area contributed by atoms with Crippen molar-refractivity contribution in [1.29, 1.82) is 0 Å². The molecule has 2 aliphatic rings. The van der Waals surface area contributed by atoms with Gasteiger partial charge in [0.15, 0.2) is 5.82 Å². The summed E-state index contributed by atoms with van der Waals surface area (Å²) in [4.78, 5) is 24.8. The van der Waals surface area contributed by atoms with Crippen LogP contribution >= 0.6 is 0 Å². The summed E-state index contributed by atoms with van der Waals surface area (Å²) in [6, 6.07) is 4.13. The van der Waals surface area contributed by atoms with E-state index in [4.69, 9.17) is 9.97 Å². The van der Waals surface area contributed by atoms with Crippen LogP contribution in [-0.4, -0.2) is 51.1 Å². The second-order valence-electron chi connectivity index (χ2n) is 8.08. The molecule has 0 amide bonds. The Kier molecular flexibility index (Phi) is 3.77. The Labute approximate surface area is 168 Å². The SMILES string of the molecule is Cc1cc2c(-c3nc(N4CCNCC4)c4c(C5CC5)cncc4n3)ccnc2[nH]1. The smallest absolute Gasteiger partial charge is 0.163 e. The van der Waals surface area contributed by atoms with Gasteiger partial charge >= 0.3 is 0 Å². The fourth-order valence-electron chi connectivity index (χ4n) is 4.37. The summed E-state index contributed by atoms with van der Waals surface area (Å²) in [5.74, 6) is 2.39. The van der Waals surface area contributed by atoms with Gasteiger partial charge in [-0.05, 0) is 43.4 Å². The topological polar surface area (TPSA) is 82.6 Å². The molecule has 0 atom stereocenters. The molecule has 2 N–H and O–H groups in total. The lowest BCUT2D eigenvalue weighted by Gasteiger charge is -2.30. The molecule has 0 bridgehead atoms. The number of hydrogen-bond donors (Lipinski definition) is 2. The number of aromatic nitrogens is 5. The van der Waals surface area contributed by atoms with Crippen LogP contribution in [0.1, 0.15) is 30.0 Å². The van der Waals surface area contributed by atoms with Gasteiger partial charge in [-0.3, -0.25) is 4.98 Å². The molecule has 29 heavy (non-hydrogen) atoms. The van der Waals surface area contributed by atoms with E-state index in [0.29, 0.717) is 5.92 Å². The molecule has 4 aromatic heterocycles. The Hall–Kier alpha value is -3.06. The Morgan fingerprint density at radius 2 is 1.97 bits per heavy atom. The summed E-state index contributed by atoms with van der Waals surface area (Å²) in [6.45, 7) is 5.90. The van der Waals surface area contributed by atoms with Crippen LogP contribution in [-0.2, 0) is 0 Å². The molecule has 146 valence electrons. The van der Waals surface area contributed by atoms with Crippen molar-refractivity contribution in [1.82, 2.24) is 30.2 Å². The molecule has 1 saturated heterocycles. The summed E-state index contributed by atoms with van der Waals surface area (Å²) in [7, 11) is 0. The summed E-state index contributed by atoms with van der Waals surface area (Å²) in [5, 5.41) is 5.69. The maximum atomic E-state index is 5.14. The van der Waals surface area contributed by atoms with Crippen molar-refractivity contribution in [2.75, 3.05) is 31.1 Å². The third kappa shape index (κ3) is 2.84. The Morgan fingerprint density at radius 1 is 1.10 bits per heavy atom. The first-order valence-corrected chi connectivity index (χ1v) is 10.3. The molecule has 2 fully saturated rings. The van der Waals surface area contributed by atoms with Gasteiger partial charge in [-0.25, -0.2) is 15.0 Å². The van der Waals surface area contributed by atoms with Crippen molar-refractivity contribution in [2.45, 2.75) is 25.7 Å². The summed E-state index contributed by atoms with van der Waals surface area (Å²) >= 11 is 0. The van der Waals surface area contributed by atoms with E-state index in [9.17, 15) is 0 Å². The Balaban J connectivity index is 1.62. The number of hydrogen-bond acceptors (Lipinski definition) is 6. The summed E-state index contributed by atoms with van der Waals surface area (Å²) < 4.78 is 0. The fraction of sp³-hybridized carbons (Fsp3) is 0.364. The monoisotopic (exact) mass is 385 g/mol. The molecule has 0 radical (unpaired) electrons. The first kappa shape index (κ1) is 16.9. The first-order chi connectivity index (χ1) is 14.3. The predicted octanol–water partition coefficient (Wildman–Crippen LogP) is 3.16. The van der Waals surface area contributed by atoms with Crippen LogP contribution in [0.25, 0.3) is 33.3 Å². The number of nitrogens with one attached hydrogen (secondary N) is 2. The number of rotatable bonds is 3. The molecule has 7 nitrogen and oxygen atoms in total. The lowest BCUT2D eigenvalue weighted by atomic mass is 10.1. The molecule has 0 spiro atoms. The standard InChI is InChI=1S/C22H23N7/c1-13-10-16-15(4-5-25-20(16)26-13)21-27-18-12-24-11-17(14-2-3-14)19(18)22(28-21)29-8-6-23-7-9-29/h4-5,10-12,14,23H,2-3,6-9H2,1H3,(H,25,26). The van der Waals surface area contributed by atoms with Crippen molar-refractivity contribution < 1.29 is 0 Å². The highest BCUT2D eigenvalue weighted by Gasteiger charge is 2.29. The number of pyridine rings is 2. The number of aryl methyl sites for hydroxylation is 1. The van der Waals surface area contributed by atoms with Gasteiger partial charge in [0, 0.05) is 60.6 Å². The van der Waals surface area contributed by atoms with Crippen molar-refractivity contribution in [2.24, 2.45) is 0 Å². The zero-order valence-electron chi connectivity index (χ0n) is 16.4. The third-order valence-electron chi connectivity index (χ3n) is 5.96. The number of H-pyrrole nitrogens is 1. The molecule has 1 saturated carbocycles. The average molecular weight is 385 g/mol. The molecule has 6 rings (SSSR count). The zero-order chi connectivity index (χ0) is 19.4. The molecule has 4 aromatic rings. The molecule has 0 unspecified atom stereocenters. The van der Waals surface area contributed by atoms with E-state index in [1.165, 1.54) is 23.8 Å². The molecule has 7 heteroatoms. The normalized spacial score (nSPS) is 17.3. The maximum absolute atomic E-state index is 5.14. The van der Waals surface area contributed by atoms with Crippen LogP contribution in [0.4, 0.5) is 5.82 Å². The lowest BCUT2D eigenvalue weighted by Crippen LogP contribution is -2.44. The van der Waals surface area contributed by atoms with Crippen molar-refractivity contribution in [3.05, 3.63) is 42.0 Å². The quantitative estimate of drug-likeness (QED) is 0.564. The summed E-state index contributed by atoms with van der Waals surface area (Å²) in [5.41, 5.74) is 5.21. The number of piperazine rings is 1. The minimum atomic E-state index is 0.599. The first-order valence-electron chi connectivity index (χ1n) is 10.3. The second kappa shape index (κ2) is 6.49.